The molecule has 0 saturated heterocycles. The van der Waals surface area contributed by atoms with Crippen LogP contribution >= 0.6 is 11.3 Å². The van der Waals surface area contributed by atoms with Crippen molar-refractivity contribution in [1.82, 2.24) is 19.7 Å². The van der Waals surface area contributed by atoms with Crippen LogP contribution in [0.1, 0.15) is 49.8 Å². The fraction of sp³-hybridized carbons (Fsp3) is 0.476. The number of aryl methyl sites for hydroxylation is 1. The quantitative estimate of drug-likeness (QED) is 0.564. The van der Waals surface area contributed by atoms with Crippen LogP contribution in [0.4, 0.5) is 5.13 Å². The Labute approximate surface area is 170 Å². The maximum atomic E-state index is 13.5. The third-order valence-corrected chi connectivity index (χ3v) is 5.96. The molecule has 150 valence electrons. The van der Waals surface area contributed by atoms with Gasteiger partial charge in [-0.3, -0.25) is 14.4 Å². The van der Waals surface area contributed by atoms with Crippen molar-refractivity contribution in [1.29, 1.82) is 0 Å². The van der Waals surface area contributed by atoms with Crippen molar-refractivity contribution >= 4 is 32.6 Å². The standard InChI is InChI=1S/C21H29N5OS/c1-6-24(7-2)12-13-25(20(27)18-10-11-22-26(18)15(3)4)21-23-17-9-8-16(5)14-19(17)28-21/h8-11,14-15H,6-7,12-13H2,1-5H3. The van der Waals surface area contributed by atoms with Gasteiger partial charge in [-0.25, -0.2) is 4.98 Å². The van der Waals surface area contributed by atoms with Gasteiger partial charge in [0.05, 0.1) is 10.2 Å². The number of likely N-dealkylation sites (N-methyl/N-ethyl adjacent to an activating group) is 1. The summed E-state index contributed by atoms with van der Waals surface area (Å²) in [6.07, 6.45) is 1.69. The zero-order chi connectivity index (χ0) is 20.3. The molecule has 0 fully saturated rings. The topological polar surface area (TPSA) is 54.3 Å². The molecule has 0 atom stereocenters. The molecular formula is C21H29N5OS. The van der Waals surface area contributed by atoms with Crippen LogP contribution in [0, 0.1) is 6.92 Å². The van der Waals surface area contributed by atoms with Crippen LogP contribution in [0.2, 0.25) is 0 Å². The van der Waals surface area contributed by atoms with E-state index in [2.05, 4.69) is 42.9 Å². The molecule has 6 nitrogen and oxygen atoms in total. The molecule has 1 amide bonds. The normalized spacial score (nSPS) is 11.7. The van der Waals surface area contributed by atoms with E-state index < -0.39 is 0 Å². The van der Waals surface area contributed by atoms with E-state index in [1.807, 2.05) is 24.8 Å². The maximum absolute atomic E-state index is 13.5. The van der Waals surface area contributed by atoms with E-state index in [-0.39, 0.29) is 11.9 Å². The number of hydrogen-bond acceptors (Lipinski definition) is 5. The van der Waals surface area contributed by atoms with E-state index in [0.29, 0.717) is 12.2 Å². The van der Waals surface area contributed by atoms with Crippen molar-refractivity contribution in [2.24, 2.45) is 0 Å². The number of carbonyl (C=O) groups is 1. The summed E-state index contributed by atoms with van der Waals surface area (Å²) in [6.45, 7) is 13.8. The second-order valence-corrected chi connectivity index (χ2v) is 8.22. The average Bonchev–Trinajstić information content (AvgIpc) is 3.31. The number of fused-ring (bicyclic) bond motifs is 1. The number of amides is 1. The van der Waals surface area contributed by atoms with Gasteiger partial charge in [-0.2, -0.15) is 5.10 Å². The average molecular weight is 400 g/mol. The maximum Gasteiger partial charge on any atom is 0.278 e. The van der Waals surface area contributed by atoms with Gasteiger partial charge in [0.15, 0.2) is 5.13 Å². The van der Waals surface area contributed by atoms with E-state index >= 15 is 0 Å². The lowest BCUT2D eigenvalue weighted by molar-refractivity contribution is 0.0971. The fourth-order valence-electron chi connectivity index (χ4n) is 3.23. The summed E-state index contributed by atoms with van der Waals surface area (Å²) in [5, 5.41) is 5.08. The molecule has 1 aromatic carbocycles. The molecule has 0 spiro atoms. The molecule has 7 heteroatoms. The largest absolute Gasteiger partial charge is 0.302 e. The van der Waals surface area contributed by atoms with Gasteiger partial charge in [0, 0.05) is 25.3 Å². The van der Waals surface area contributed by atoms with Crippen molar-refractivity contribution in [2.45, 2.75) is 40.7 Å². The van der Waals surface area contributed by atoms with Crippen molar-refractivity contribution in [3.63, 3.8) is 0 Å². The van der Waals surface area contributed by atoms with E-state index in [9.17, 15) is 4.79 Å². The molecule has 3 aromatic rings. The number of nitrogens with zero attached hydrogens (tertiary/aromatic N) is 5. The molecule has 28 heavy (non-hydrogen) atoms. The van der Waals surface area contributed by atoms with Gasteiger partial charge in [0.25, 0.3) is 5.91 Å². The third-order valence-electron chi connectivity index (χ3n) is 4.92. The van der Waals surface area contributed by atoms with Crippen LogP contribution in [-0.4, -0.2) is 51.8 Å². The van der Waals surface area contributed by atoms with Crippen molar-refractivity contribution in [3.8, 4) is 0 Å². The fourth-order valence-corrected chi connectivity index (χ4v) is 4.32. The Kier molecular flexibility index (Phi) is 6.46. The second-order valence-electron chi connectivity index (χ2n) is 7.21. The molecule has 0 aliphatic carbocycles. The number of hydrogen-bond donors (Lipinski definition) is 0. The van der Waals surface area contributed by atoms with E-state index in [0.717, 1.165) is 35.0 Å². The van der Waals surface area contributed by atoms with Crippen LogP contribution < -0.4 is 4.90 Å². The first-order chi connectivity index (χ1) is 13.4. The zero-order valence-electron chi connectivity index (χ0n) is 17.3. The highest BCUT2D eigenvalue weighted by Gasteiger charge is 2.25. The minimum Gasteiger partial charge on any atom is -0.302 e. The Morgan fingerprint density at radius 1 is 1.18 bits per heavy atom. The lowest BCUT2D eigenvalue weighted by Crippen LogP contribution is -2.39. The lowest BCUT2D eigenvalue weighted by Gasteiger charge is -2.25. The summed E-state index contributed by atoms with van der Waals surface area (Å²) in [4.78, 5) is 22.4. The second kappa shape index (κ2) is 8.84. The molecule has 3 rings (SSSR count). The predicted molar refractivity (Wildman–Crippen MR) is 116 cm³/mol. The molecule has 0 aliphatic heterocycles. The minimum absolute atomic E-state index is 0.0471. The number of anilines is 1. The summed E-state index contributed by atoms with van der Waals surface area (Å²) in [5.74, 6) is -0.0471. The summed E-state index contributed by atoms with van der Waals surface area (Å²) in [5.41, 5.74) is 2.73. The Hall–Kier alpha value is -2.25. The van der Waals surface area contributed by atoms with Crippen LogP contribution in [0.3, 0.4) is 0 Å². The Morgan fingerprint density at radius 3 is 2.61 bits per heavy atom. The molecule has 2 aromatic heterocycles. The molecule has 0 bridgehead atoms. The van der Waals surface area contributed by atoms with E-state index in [1.54, 1.807) is 28.3 Å². The molecule has 0 N–H and O–H groups in total. The molecule has 2 heterocycles. The van der Waals surface area contributed by atoms with Gasteiger partial charge < -0.3 is 4.90 Å². The molecule has 0 saturated carbocycles. The first-order valence-electron chi connectivity index (χ1n) is 9.89. The van der Waals surface area contributed by atoms with Crippen LogP contribution in [0.5, 0.6) is 0 Å². The first-order valence-corrected chi connectivity index (χ1v) is 10.7. The van der Waals surface area contributed by atoms with E-state index in [4.69, 9.17) is 4.98 Å². The number of carbonyl (C=O) groups excluding carboxylic acids is 1. The summed E-state index contributed by atoms with van der Waals surface area (Å²) < 4.78 is 2.89. The van der Waals surface area contributed by atoms with Gasteiger partial charge in [-0.05, 0) is 57.6 Å². The Morgan fingerprint density at radius 2 is 1.93 bits per heavy atom. The third kappa shape index (κ3) is 4.25. The highest BCUT2D eigenvalue weighted by molar-refractivity contribution is 7.22. The monoisotopic (exact) mass is 399 g/mol. The van der Waals surface area contributed by atoms with Gasteiger partial charge in [-0.15, -0.1) is 0 Å². The van der Waals surface area contributed by atoms with Crippen LogP contribution in [-0.2, 0) is 0 Å². The molecule has 0 aliphatic rings. The van der Waals surface area contributed by atoms with Crippen molar-refractivity contribution in [3.05, 3.63) is 41.7 Å². The number of aromatic nitrogens is 3. The lowest BCUT2D eigenvalue weighted by atomic mass is 10.2. The van der Waals surface area contributed by atoms with Gasteiger partial charge >= 0.3 is 0 Å². The smallest absolute Gasteiger partial charge is 0.278 e. The Bertz CT molecular complexity index is 941. The summed E-state index contributed by atoms with van der Waals surface area (Å²) >= 11 is 1.57. The first kappa shape index (κ1) is 20.5. The van der Waals surface area contributed by atoms with Gasteiger partial charge in [0.1, 0.15) is 5.69 Å². The van der Waals surface area contributed by atoms with Crippen molar-refractivity contribution < 1.29 is 4.79 Å². The number of rotatable bonds is 8. The summed E-state index contributed by atoms with van der Waals surface area (Å²) in [7, 11) is 0. The molecule has 0 radical (unpaired) electrons. The van der Waals surface area contributed by atoms with Gasteiger partial charge in [0.2, 0.25) is 0 Å². The highest BCUT2D eigenvalue weighted by atomic mass is 32.1. The van der Waals surface area contributed by atoms with Gasteiger partial charge in [-0.1, -0.05) is 31.3 Å². The predicted octanol–water partition coefficient (Wildman–Crippen LogP) is 4.37. The van der Waals surface area contributed by atoms with Crippen LogP contribution in [0.15, 0.2) is 30.5 Å². The minimum atomic E-state index is -0.0471. The SMILES string of the molecule is CCN(CC)CCN(C(=O)c1ccnn1C(C)C)c1nc2ccc(C)cc2s1. The molecule has 0 unspecified atom stereocenters. The van der Waals surface area contributed by atoms with Crippen LogP contribution in [0.25, 0.3) is 10.2 Å². The number of thiazole rings is 1. The van der Waals surface area contributed by atoms with Crippen molar-refractivity contribution in [2.75, 3.05) is 31.1 Å². The summed E-state index contributed by atoms with van der Waals surface area (Å²) in [6, 6.07) is 8.13. The molecular weight excluding hydrogens is 370 g/mol. The highest BCUT2D eigenvalue weighted by Crippen LogP contribution is 2.30. The van der Waals surface area contributed by atoms with E-state index in [1.165, 1.54) is 5.56 Å². The number of benzene rings is 1. The Balaban J connectivity index is 1.98. The zero-order valence-corrected chi connectivity index (χ0v) is 18.2.